The second-order valence-electron chi connectivity index (χ2n) is 7.40. The van der Waals surface area contributed by atoms with Gasteiger partial charge < -0.3 is 9.67 Å². The first kappa shape index (κ1) is 20.1. The number of fused-ring (bicyclic) bond motifs is 1. The van der Waals surface area contributed by atoms with Crippen LogP contribution in [0.5, 0.6) is 0 Å². The Kier molecular flexibility index (Phi) is 4.98. The molecule has 1 aromatic carbocycles. The van der Waals surface area contributed by atoms with Crippen molar-refractivity contribution in [2.75, 3.05) is 0 Å². The summed E-state index contributed by atoms with van der Waals surface area (Å²) >= 11 is 7.51. The first-order valence-corrected chi connectivity index (χ1v) is 11.1. The van der Waals surface area contributed by atoms with E-state index in [1.54, 1.807) is 29.1 Å². The topological polar surface area (TPSA) is 72.9 Å². The number of hydrogen-bond donors (Lipinski definition) is 1. The number of benzene rings is 1. The summed E-state index contributed by atoms with van der Waals surface area (Å²) < 4.78 is 19.0. The highest BCUT2D eigenvalue weighted by atomic mass is 35.5. The van der Waals surface area contributed by atoms with Gasteiger partial charge >= 0.3 is 5.97 Å². The molecule has 0 radical (unpaired) electrons. The molecule has 0 amide bonds. The molecule has 0 atom stereocenters. The lowest BCUT2D eigenvalue weighted by atomic mass is 10.2. The van der Waals surface area contributed by atoms with Gasteiger partial charge in [0.25, 0.3) is 0 Å². The maximum atomic E-state index is 15.3. The highest BCUT2D eigenvalue weighted by molar-refractivity contribution is 7.99. The predicted molar refractivity (Wildman–Crippen MR) is 117 cm³/mol. The molecule has 0 spiro atoms. The molecule has 9 heteroatoms. The van der Waals surface area contributed by atoms with Crippen molar-refractivity contribution in [3.63, 3.8) is 0 Å². The zero-order valence-corrected chi connectivity index (χ0v) is 18.1. The number of carbonyl (C=O) groups is 1. The van der Waals surface area contributed by atoms with Gasteiger partial charge in [-0.1, -0.05) is 29.4 Å². The normalized spacial score (nSPS) is 13.8. The van der Waals surface area contributed by atoms with Gasteiger partial charge in [-0.25, -0.2) is 14.2 Å². The van der Waals surface area contributed by atoms with E-state index < -0.39 is 11.8 Å². The van der Waals surface area contributed by atoms with Crippen LogP contribution in [-0.2, 0) is 6.54 Å². The Morgan fingerprint density at radius 3 is 2.81 bits per heavy atom. The lowest BCUT2D eigenvalue weighted by molar-refractivity contribution is 0.0689. The number of pyridine rings is 1. The van der Waals surface area contributed by atoms with Crippen molar-refractivity contribution in [2.45, 2.75) is 42.1 Å². The van der Waals surface area contributed by atoms with E-state index in [0.717, 1.165) is 34.5 Å². The Bertz CT molecular complexity index is 1330. The van der Waals surface area contributed by atoms with E-state index in [-0.39, 0.29) is 16.6 Å². The van der Waals surface area contributed by atoms with Crippen LogP contribution in [0.4, 0.5) is 4.39 Å². The fraction of sp³-hybridized carbons (Fsp3) is 0.227. The Labute approximate surface area is 186 Å². The lowest BCUT2D eigenvalue weighted by Crippen LogP contribution is -2.01. The molecule has 31 heavy (non-hydrogen) atoms. The molecule has 1 aliphatic carbocycles. The number of hydrogen-bond acceptors (Lipinski definition) is 4. The van der Waals surface area contributed by atoms with Gasteiger partial charge in [-0.15, -0.1) is 0 Å². The average molecular weight is 457 g/mol. The van der Waals surface area contributed by atoms with E-state index in [1.165, 1.54) is 17.8 Å². The second-order valence-corrected chi connectivity index (χ2v) is 8.84. The number of rotatable bonds is 6. The average Bonchev–Trinajstić information content (AvgIpc) is 3.40. The SMILES string of the molecule is CCn1cc(-n2c(C3CC3)c(Sc3cccc(C(=O)O)n3)c3ccc(Cl)c(F)c32)cn1. The van der Waals surface area contributed by atoms with Crippen molar-refractivity contribution >= 4 is 40.2 Å². The van der Waals surface area contributed by atoms with E-state index in [1.807, 2.05) is 23.8 Å². The van der Waals surface area contributed by atoms with E-state index >= 15 is 4.39 Å². The first-order valence-electron chi connectivity index (χ1n) is 9.91. The van der Waals surface area contributed by atoms with E-state index in [0.29, 0.717) is 17.1 Å². The molecule has 3 heterocycles. The standard InChI is InChI=1S/C22H18ClFN4O2S/c1-2-27-11-13(10-25-27)28-19(12-6-7-12)21(14-8-9-15(23)18(24)20(14)28)31-17-5-3-4-16(26-17)22(29)30/h3-5,8-12H,2,6-7H2,1H3,(H,29,30). The molecule has 0 bridgehead atoms. The fourth-order valence-corrected chi connectivity index (χ4v) is 5.03. The highest BCUT2D eigenvalue weighted by Gasteiger charge is 2.34. The smallest absolute Gasteiger partial charge is 0.354 e. The Morgan fingerprint density at radius 1 is 1.32 bits per heavy atom. The summed E-state index contributed by atoms with van der Waals surface area (Å²) in [5.41, 5.74) is 2.13. The summed E-state index contributed by atoms with van der Waals surface area (Å²) in [6.07, 6.45) is 5.63. The number of aromatic carboxylic acids is 1. The van der Waals surface area contributed by atoms with Crippen molar-refractivity contribution in [3.8, 4) is 5.69 Å². The lowest BCUT2D eigenvalue weighted by Gasteiger charge is -2.10. The van der Waals surface area contributed by atoms with Crippen molar-refractivity contribution < 1.29 is 14.3 Å². The summed E-state index contributed by atoms with van der Waals surface area (Å²) in [4.78, 5) is 16.5. The third-order valence-corrected chi connectivity index (χ3v) is 6.69. The number of aromatic nitrogens is 4. The van der Waals surface area contributed by atoms with E-state index in [2.05, 4.69) is 10.1 Å². The number of carboxylic acid groups (broad SMARTS) is 1. The third-order valence-electron chi connectivity index (χ3n) is 5.33. The number of aryl methyl sites for hydroxylation is 1. The van der Waals surface area contributed by atoms with Gasteiger partial charge in [0.1, 0.15) is 10.7 Å². The third kappa shape index (κ3) is 3.49. The fourth-order valence-electron chi connectivity index (χ4n) is 3.74. The van der Waals surface area contributed by atoms with Crippen LogP contribution in [0, 0.1) is 5.82 Å². The molecular formula is C22H18ClFN4O2S. The van der Waals surface area contributed by atoms with Crippen LogP contribution in [0.2, 0.25) is 5.02 Å². The predicted octanol–water partition coefficient (Wildman–Crippen LogP) is 5.76. The molecule has 1 saturated carbocycles. The van der Waals surface area contributed by atoms with Crippen LogP contribution in [0.15, 0.2) is 52.6 Å². The van der Waals surface area contributed by atoms with Crippen LogP contribution >= 0.6 is 23.4 Å². The van der Waals surface area contributed by atoms with Gasteiger partial charge in [0.2, 0.25) is 0 Å². The Morgan fingerprint density at radius 2 is 2.13 bits per heavy atom. The highest BCUT2D eigenvalue weighted by Crippen LogP contribution is 2.51. The van der Waals surface area contributed by atoms with E-state index in [4.69, 9.17) is 11.6 Å². The molecular weight excluding hydrogens is 439 g/mol. The number of carboxylic acids is 1. The van der Waals surface area contributed by atoms with Gasteiger partial charge in [0.05, 0.1) is 22.4 Å². The summed E-state index contributed by atoms with van der Waals surface area (Å²) in [6.45, 7) is 2.70. The molecule has 158 valence electrons. The largest absolute Gasteiger partial charge is 0.477 e. The van der Waals surface area contributed by atoms with Crippen LogP contribution in [0.25, 0.3) is 16.6 Å². The van der Waals surface area contributed by atoms with Gasteiger partial charge in [-0.2, -0.15) is 5.10 Å². The van der Waals surface area contributed by atoms with Gasteiger partial charge in [-0.3, -0.25) is 4.68 Å². The van der Waals surface area contributed by atoms with Crippen molar-refractivity contribution in [3.05, 3.63) is 65.0 Å². The maximum absolute atomic E-state index is 15.3. The summed E-state index contributed by atoms with van der Waals surface area (Å²) in [7, 11) is 0. The molecule has 0 unspecified atom stereocenters. The Balaban J connectivity index is 1.77. The van der Waals surface area contributed by atoms with Gasteiger partial charge in [0, 0.05) is 34.6 Å². The quantitative estimate of drug-likeness (QED) is 0.399. The van der Waals surface area contributed by atoms with Crippen LogP contribution in [0.3, 0.4) is 0 Å². The molecule has 1 aliphatic rings. The second kappa shape index (κ2) is 7.69. The first-order chi connectivity index (χ1) is 15.0. The van der Waals surface area contributed by atoms with Crippen molar-refractivity contribution in [2.24, 2.45) is 0 Å². The van der Waals surface area contributed by atoms with Crippen LogP contribution < -0.4 is 0 Å². The monoisotopic (exact) mass is 456 g/mol. The Hall–Kier alpha value is -2.84. The van der Waals surface area contributed by atoms with Crippen LogP contribution in [-0.4, -0.2) is 30.4 Å². The minimum atomic E-state index is -1.09. The van der Waals surface area contributed by atoms with Crippen molar-refractivity contribution in [1.29, 1.82) is 0 Å². The minimum absolute atomic E-state index is 0.0276. The molecule has 4 aromatic rings. The number of nitrogens with zero attached hydrogens (tertiary/aromatic N) is 4. The molecule has 5 rings (SSSR count). The molecule has 3 aromatic heterocycles. The van der Waals surface area contributed by atoms with Gasteiger partial charge in [0.15, 0.2) is 5.82 Å². The zero-order valence-electron chi connectivity index (χ0n) is 16.5. The molecule has 1 N–H and O–H groups in total. The summed E-state index contributed by atoms with van der Waals surface area (Å²) in [6, 6.07) is 8.25. The summed E-state index contributed by atoms with van der Waals surface area (Å²) in [5.74, 6) is -1.29. The molecule has 0 aliphatic heterocycles. The molecule has 6 nitrogen and oxygen atoms in total. The molecule has 1 fully saturated rings. The summed E-state index contributed by atoms with van der Waals surface area (Å²) in [5, 5.41) is 15.0. The van der Waals surface area contributed by atoms with Crippen LogP contribution in [0.1, 0.15) is 41.9 Å². The molecule has 0 saturated heterocycles. The minimum Gasteiger partial charge on any atom is -0.477 e. The number of halogens is 2. The van der Waals surface area contributed by atoms with Gasteiger partial charge in [-0.05, 0) is 44.0 Å². The zero-order chi connectivity index (χ0) is 21.7. The van der Waals surface area contributed by atoms with E-state index in [9.17, 15) is 9.90 Å². The maximum Gasteiger partial charge on any atom is 0.354 e. The van der Waals surface area contributed by atoms with Crippen molar-refractivity contribution in [1.82, 2.24) is 19.3 Å².